The van der Waals surface area contributed by atoms with E-state index in [2.05, 4.69) is 51.2 Å². The Morgan fingerprint density at radius 3 is 1.74 bits per heavy atom. The molecule has 0 amide bonds. The monoisotopic (exact) mass is 574 g/mol. The number of halogens is 3. The van der Waals surface area contributed by atoms with Crippen molar-refractivity contribution in [3.63, 3.8) is 0 Å². The minimum absolute atomic E-state index is 0.0822. The molecule has 2 rings (SSSR count). The summed E-state index contributed by atoms with van der Waals surface area (Å²) >= 11 is 0. The SMILES string of the molecule is CC(C)Cc1ccc(S(=O)(=O)Nc2ccc(N(CC(C)C)CC(C)C)c(C(=O)O)c2)cc1.O=C(O)C(F)(F)F. The predicted octanol–water partition coefficient (Wildman–Crippen LogP) is 6.14. The van der Waals surface area contributed by atoms with E-state index in [1.165, 1.54) is 6.07 Å². The highest BCUT2D eigenvalue weighted by Gasteiger charge is 2.38. The summed E-state index contributed by atoms with van der Waals surface area (Å²) in [4.78, 5) is 23.1. The van der Waals surface area contributed by atoms with Crippen LogP contribution >= 0.6 is 0 Å². The quantitative estimate of drug-likeness (QED) is 0.295. The number of alkyl halides is 3. The summed E-state index contributed by atoms with van der Waals surface area (Å²) in [5.41, 5.74) is 1.98. The second-order valence-corrected chi connectivity index (χ2v) is 12.1. The van der Waals surface area contributed by atoms with Crippen molar-refractivity contribution >= 4 is 33.3 Å². The highest BCUT2D eigenvalue weighted by molar-refractivity contribution is 7.92. The molecule has 0 radical (unpaired) electrons. The first-order valence-corrected chi connectivity index (χ1v) is 13.9. The number of hydrogen-bond donors (Lipinski definition) is 3. The molecule has 2 aromatic carbocycles. The van der Waals surface area contributed by atoms with Gasteiger partial charge in [0.2, 0.25) is 0 Å². The van der Waals surface area contributed by atoms with E-state index in [0.29, 0.717) is 36.5 Å². The van der Waals surface area contributed by atoms with E-state index in [1.54, 1.807) is 24.3 Å². The van der Waals surface area contributed by atoms with Crippen LogP contribution in [0.3, 0.4) is 0 Å². The van der Waals surface area contributed by atoms with Crippen molar-refractivity contribution in [1.82, 2.24) is 0 Å². The minimum atomic E-state index is -5.08. The number of carboxylic acids is 2. The molecule has 0 saturated carbocycles. The van der Waals surface area contributed by atoms with Crippen molar-refractivity contribution in [2.75, 3.05) is 22.7 Å². The number of sulfonamides is 1. The van der Waals surface area contributed by atoms with Gasteiger partial charge in [0.1, 0.15) is 0 Å². The molecule has 0 aliphatic carbocycles. The lowest BCUT2D eigenvalue weighted by atomic mass is 10.0. The van der Waals surface area contributed by atoms with Gasteiger partial charge in [0.15, 0.2) is 0 Å². The fourth-order valence-electron chi connectivity index (χ4n) is 3.69. The fourth-order valence-corrected chi connectivity index (χ4v) is 4.74. The van der Waals surface area contributed by atoms with Gasteiger partial charge >= 0.3 is 18.1 Å². The molecule has 0 fully saturated rings. The fraction of sp³-hybridized carbons (Fsp3) is 0.481. The number of carbonyl (C=O) groups is 2. The highest BCUT2D eigenvalue weighted by Crippen LogP contribution is 2.28. The summed E-state index contributed by atoms with van der Waals surface area (Å²) in [7, 11) is -3.83. The summed E-state index contributed by atoms with van der Waals surface area (Å²) in [6.07, 6.45) is -4.21. The van der Waals surface area contributed by atoms with Gasteiger partial charge in [-0.2, -0.15) is 13.2 Å². The molecule has 8 nitrogen and oxygen atoms in total. The molecule has 0 unspecified atom stereocenters. The molecule has 0 saturated heterocycles. The number of hydrogen-bond acceptors (Lipinski definition) is 5. The molecule has 0 aromatic heterocycles. The van der Waals surface area contributed by atoms with Crippen LogP contribution < -0.4 is 9.62 Å². The van der Waals surface area contributed by atoms with Crippen LogP contribution in [0.15, 0.2) is 47.4 Å². The van der Waals surface area contributed by atoms with Gasteiger partial charge in [-0.25, -0.2) is 18.0 Å². The van der Waals surface area contributed by atoms with Crippen LogP contribution in [0.2, 0.25) is 0 Å². The summed E-state index contributed by atoms with van der Waals surface area (Å²) in [5.74, 6) is -2.65. The topological polar surface area (TPSA) is 124 Å². The van der Waals surface area contributed by atoms with Crippen molar-refractivity contribution in [3.8, 4) is 0 Å². The van der Waals surface area contributed by atoms with Gasteiger partial charge in [0.25, 0.3) is 10.0 Å². The maximum absolute atomic E-state index is 12.9. The Balaban J connectivity index is 0.000000956. The van der Waals surface area contributed by atoms with Gasteiger partial charge in [-0.3, -0.25) is 4.72 Å². The number of nitrogens with zero attached hydrogens (tertiary/aromatic N) is 1. The van der Waals surface area contributed by atoms with Crippen LogP contribution in [0.4, 0.5) is 24.5 Å². The van der Waals surface area contributed by atoms with E-state index in [1.807, 2.05) is 12.1 Å². The first-order valence-electron chi connectivity index (χ1n) is 12.4. The summed E-state index contributed by atoms with van der Waals surface area (Å²) < 4.78 is 60.0. The summed E-state index contributed by atoms with van der Waals surface area (Å²) in [6.45, 7) is 14.0. The Hall–Kier alpha value is -3.28. The van der Waals surface area contributed by atoms with Crippen LogP contribution in [-0.2, 0) is 21.2 Å². The van der Waals surface area contributed by atoms with E-state index < -0.39 is 28.1 Å². The van der Waals surface area contributed by atoms with E-state index in [-0.39, 0.29) is 16.1 Å². The Morgan fingerprint density at radius 1 is 0.872 bits per heavy atom. The van der Waals surface area contributed by atoms with Crippen molar-refractivity contribution in [2.24, 2.45) is 17.8 Å². The van der Waals surface area contributed by atoms with Gasteiger partial charge in [0, 0.05) is 18.8 Å². The number of aliphatic carboxylic acids is 1. The Labute approximate surface area is 227 Å². The third kappa shape index (κ3) is 11.6. The highest BCUT2D eigenvalue weighted by atomic mass is 32.2. The normalized spacial score (nSPS) is 11.8. The molecule has 0 aliphatic rings. The van der Waals surface area contributed by atoms with E-state index in [9.17, 15) is 31.5 Å². The lowest BCUT2D eigenvalue weighted by molar-refractivity contribution is -0.192. The molecular weight excluding hydrogens is 537 g/mol. The van der Waals surface area contributed by atoms with Crippen molar-refractivity contribution in [3.05, 3.63) is 53.6 Å². The zero-order chi connectivity index (χ0) is 30.1. The average Bonchev–Trinajstić information content (AvgIpc) is 2.77. The molecule has 3 N–H and O–H groups in total. The second-order valence-electron chi connectivity index (χ2n) is 10.4. The smallest absolute Gasteiger partial charge is 0.478 e. The number of benzene rings is 2. The van der Waals surface area contributed by atoms with Gasteiger partial charge in [-0.1, -0.05) is 53.7 Å². The largest absolute Gasteiger partial charge is 0.490 e. The van der Waals surface area contributed by atoms with Crippen molar-refractivity contribution in [1.29, 1.82) is 0 Å². The lowest BCUT2D eigenvalue weighted by Crippen LogP contribution is -2.32. The number of anilines is 2. The zero-order valence-electron chi connectivity index (χ0n) is 22.9. The van der Waals surface area contributed by atoms with E-state index in [4.69, 9.17) is 9.90 Å². The first-order chi connectivity index (χ1) is 17.8. The molecule has 218 valence electrons. The van der Waals surface area contributed by atoms with Crippen LogP contribution in [0.5, 0.6) is 0 Å². The maximum atomic E-state index is 12.9. The standard InChI is InChI=1S/C25H36N2O4S.C2HF3O2/c1-17(2)13-20-7-10-22(11-8-20)32(30,31)26-21-9-12-24(23(14-21)25(28)29)27(15-18(3)4)16-19(5)6;3-2(4,5)1(6)7/h7-12,14,17-19,26H,13,15-16H2,1-6H3,(H,28,29);(H,6,7). The zero-order valence-corrected chi connectivity index (χ0v) is 23.7. The first kappa shape index (κ1) is 33.7. The molecule has 0 atom stereocenters. The number of nitrogens with one attached hydrogen (secondary N) is 1. The Bertz CT molecular complexity index is 1200. The summed E-state index contributed by atoms with van der Waals surface area (Å²) in [6, 6.07) is 11.5. The molecule has 0 heterocycles. The number of rotatable bonds is 11. The van der Waals surface area contributed by atoms with E-state index in [0.717, 1.165) is 12.0 Å². The van der Waals surface area contributed by atoms with E-state index >= 15 is 0 Å². The molecule has 0 spiro atoms. The molecule has 12 heteroatoms. The van der Waals surface area contributed by atoms with Gasteiger partial charge in [0.05, 0.1) is 16.1 Å². The molecule has 0 bridgehead atoms. The van der Waals surface area contributed by atoms with Crippen LogP contribution in [-0.4, -0.2) is 49.8 Å². The van der Waals surface area contributed by atoms with Gasteiger partial charge in [-0.15, -0.1) is 0 Å². The summed E-state index contributed by atoms with van der Waals surface area (Å²) in [5, 5.41) is 16.9. The average molecular weight is 575 g/mol. The molecule has 0 aliphatic heterocycles. The van der Waals surface area contributed by atoms with Crippen LogP contribution in [0, 0.1) is 17.8 Å². The van der Waals surface area contributed by atoms with Crippen LogP contribution in [0.25, 0.3) is 0 Å². The third-order valence-electron chi connectivity index (χ3n) is 5.11. The third-order valence-corrected chi connectivity index (χ3v) is 6.51. The molecule has 2 aromatic rings. The predicted molar refractivity (Wildman–Crippen MR) is 145 cm³/mol. The van der Waals surface area contributed by atoms with Crippen LogP contribution in [0.1, 0.15) is 57.5 Å². The van der Waals surface area contributed by atoms with Gasteiger partial charge in [-0.05, 0) is 60.1 Å². The molecular formula is C27H37F3N2O6S. The number of carboxylic acid groups (broad SMARTS) is 2. The lowest BCUT2D eigenvalue weighted by Gasteiger charge is -2.30. The Morgan fingerprint density at radius 2 is 1.36 bits per heavy atom. The second kappa shape index (κ2) is 14.2. The minimum Gasteiger partial charge on any atom is -0.478 e. The number of aromatic carboxylic acids is 1. The van der Waals surface area contributed by atoms with Crippen molar-refractivity contribution in [2.45, 2.75) is 59.0 Å². The maximum Gasteiger partial charge on any atom is 0.490 e. The molecule has 39 heavy (non-hydrogen) atoms. The Kier molecular flexibility index (Phi) is 12.3. The van der Waals surface area contributed by atoms with Crippen molar-refractivity contribution < 1.29 is 41.4 Å². The van der Waals surface area contributed by atoms with Gasteiger partial charge < -0.3 is 15.1 Å².